The average molecular weight is 187 g/mol. The van der Waals surface area contributed by atoms with Crippen molar-refractivity contribution in [2.45, 2.75) is 27.2 Å². The third-order valence-electron chi connectivity index (χ3n) is 1.06. The molecule has 0 bridgehead atoms. The van der Waals surface area contributed by atoms with Crippen molar-refractivity contribution in [3.05, 3.63) is 12.3 Å². The van der Waals surface area contributed by atoms with Gasteiger partial charge < -0.3 is 11.5 Å². The molecule has 0 aliphatic rings. The van der Waals surface area contributed by atoms with Gasteiger partial charge in [-0.15, -0.1) is 0 Å². The molecule has 13 heavy (non-hydrogen) atoms. The van der Waals surface area contributed by atoms with Crippen molar-refractivity contribution in [2.75, 3.05) is 6.54 Å². The molecule has 0 spiro atoms. The number of hydrogen-bond acceptors (Lipinski definition) is 3. The molecule has 0 saturated heterocycles. The highest BCUT2D eigenvalue weighted by atomic mass is 16.1. The topological polar surface area (TPSA) is 81.5 Å². The van der Waals surface area contributed by atoms with Gasteiger partial charge in [0.15, 0.2) is 0 Å². The van der Waals surface area contributed by atoms with Crippen LogP contribution < -0.4 is 11.5 Å². The van der Waals surface area contributed by atoms with Crippen molar-refractivity contribution in [1.29, 1.82) is 0 Å². The molecule has 1 amide bonds. The summed E-state index contributed by atoms with van der Waals surface area (Å²) in [7, 11) is 0. The van der Waals surface area contributed by atoms with E-state index >= 15 is 0 Å². The Morgan fingerprint density at radius 1 is 1.54 bits per heavy atom. The number of nitrogens with two attached hydrogens (primary N) is 2. The zero-order valence-electron chi connectivity index (χ0n) is 8.58. The van der Waals surface area contributed by atoms with Crippen molar-refractivity contribution in [3.8, 4) is 0 Å². The van der Waals surface area contributed by atoms with Crippen LogP contribution in [0.3, 0.4) is 0 Å². The summed E-state index contributed by atoms with van der Waals surface area (Å²) >= 11 is 0. The minimum absolute atomic E-state index is 0. The van der Waals surface area contributed by atoms with Crippen molar-refractivity contribution in [1.82, 2.24) is 0 Å². The van der Waals surface area contributed by atoms with E-state index in [1.807, 2.05) is 20.8 Å². The lowest BCUT2D eigenvalue weighted by atomic mass is 10.4. The average Bonchev–Trinajstić information content (AvgIpc) is 2.08. The van der Waals surface area contributed by atoms with Gasteiger partial charge in [-0.25, -0.2) is 0 Å². The summed E-state index contributed by atoms with van der Waals surface area (Å²) in [4.78, 5) is 14.3. The molecule has 0 aromatic heterocycles. The minimum atomic E-state index is -0.335. The van der Waals surface area contributed by atoms with Gasteiger partial charge in [-0.3, -0.25) is 9.79 Å². The third-order valence-corrected chi connectivity index (χ3v) is 1.06. The first-order valence-electron chi connectivity index (χ1n) is 4.34. The normalized spacial score (nSPS) is 10.8. The number of carbonyl (C=O) groups is 1. The van der Waals surface area contributed by atoms with Crippen LogP contribution in [-0.2, 0) is 4.79 Å². The quantitative estimate of drug-likeness (QED) is 0.645. The summed E-state index contributed by atoms with van der Waals surface area (Å²) in [5.74, 6) is -0.335. The zero-order chi connectivity index (χ0) is 10.7. The van der Waals surface area contributed by atoms with Gasteiger partial charge in [0.25, 0.3) is 0 Å². The Balaban J connectivity index is -0.000000376. The van der Waals surface area contributed by atoms with Gasteiger partial charge in [0.1, 0.15) is 0 Å². The van der Waals surface area contributed by atoms with E-state index in [9.17, 15) is 4.79 Å². The van der Waals surface area contributed by atoms with E-state index in [0.717, 1.165) is 5.71 Å². The third kappa shape index (κ3) is 13.6. The first-order chi connectivity index (χ1) is 6.16. The van der Waals surface area contributed by atoms with Gasteiger partial charge in [-0.1, -0.05) is 13.8 Å². The van der Waals surface area contributed by atoms with Gasteiger partial charge >= 0.3 is 0 Å². The molecule has 0 heterocycles. The maximum absolute atomic E-state index is 10.2. The Kier molecular flexibility index (Phi) is 11.7. The van der Waals surface area contributed by atoms with Gasteiger partial charge in [0, 0.05) is 20.1 Å². The van der Waals surface area contributed by atoms with E-state index in [2.05, 4.69) is 4.99 Å². The number of amides is 1. The fourth-order valence-corrected chi connectivity index (χ4v) is 0.534. The molecule has 0 atom stereocenters. The highest BCUT2D eigenvalue weighted by Gasteiger charge is 1.90. The van der Waals surface area contributed by atoms with Gasteiger partial charge in [0.2, 0.25) is 5.91 Å². The molecule has 0 radical (unpaired) electrons. The van der Waals surface area contributed by atoms with Crippen molar-refractivity contribution in [3.63, 3.8) is 0 Å². The molecule has 0 saturated carbocycles. The fraction of sp³-hybridized carbons (Fsp3) is 0.556. The predicted molar refractivity (Wildman–Crippen MR) is 58.6 cm³/mol. The molecule has 0 aromatic carbocycles. The molecule has 78 valence electrons. The molecule has 0 aliphatic carbocycles. The van der Waals surface area contributed by atoms with Crippen LogP contribution in [0.15, 0.2) is 17.3 Å². The summed E-state index contributed by atoms with van der Waals surface area (Å²) < 4.78 is 0. The number of rotatable bonds is 4. The molecule has 0 aliphatic heterocycles. The number of allylic oxidation sites excluding steroid dienone is 1. The molecular weight excluding hydrogens is 166 g/mol. The standard InChI is InChI=1S/C7H13N3O.C2H6.H2/c1-6(2-4-8)10-5-3-7(9)11;1-2;/h2,4H,3,5,8H2,1H3,(H2,9,11);1-2H3;1H/b4-2-,10-6?;;. The lowest BCUT2D eigenvalue weighted by Gasteiger charge is -1.91. The second kappa shape index (κ2) is 10.7. The van der Waals surface area contributed by atoms with Crippen molar-refractivity contribution >= 4 is 11.6 Å². The summed E-state index contributed by atoms with van der Waals surface area (Å²) in [6.07, 6.45) is 3.36. The smallest absolute Gasteiger partial charge is 0.219 e. The van der Waals surface area contributed by atoms with Crippen LogP contribution in [0.25, 0.3) is 0 Å². The molecule has 4 N–H and O–H groups in total. The van der Waals surface area contributed by atoms with E-state index in [1.54, 1.807) is 6.08 Å². The van der Waals surface area contributed by atoms with E-state index in [0.29, 0.717) is 6.54 Å². The maximum Gasteiger partial charge on any atom is 0.219 e. The molecule has 4 nitrogen and oxygen atoms in total. The highest BCUT2D eigenvalue weighted by Crippen LogP contribution is 1.83. The van der Waals surface area contributed by atoms with Crippen LogP contribution in [0.4, 0.5) is 0 Å². The van der Waals surface area contributed by atoms with E-state index in [4.69, 9.17) is 11.5 Å². The maximum atomic E-state index is 10.2. The van der Waals surface area contributed by atoms with Gasteiger partial charge in [-0.05, 0) is 19.2 Å². The van der Waals surface area contributed by atoms with Crippen LogP contribution in [0.2, 0.25) is 0 Å². The summed E-state index contributed by atoms with van der Waals surface area (Å²) in [5, 5.41) is 0. The molecular formula is C9H21N3O. The molecule has 0 rings (SSSR count). The second-order valence-electron chi connectivity index (χ2n) is 2.10. The summed E-state index contributed by atoms with van der Waals surface area (Å²) in [6.45, 7) is 6.25. The SMILES string of the molecule is CC.CC(/C=C\N)=NCCC(N)=O.[HH]. The monoisotopic (exact) mass is 187 g/mol. The Bertz CT molecular complexity index is 190. The van der Waals surface area contributed by atoms with E-state index < -0.39 is 0 Å². The van der Waals surface area contributed by atoms with Crippen molar-refractivity contribution in [2.24, 2.45) is 16.5 Å². The zero-order valence-corrected chi connectivity index (χ0v) is 8.58. The first-order valence-corrected chi connectivity index (χ1v) is 4.34. The Morgan fingerprint density at radius 2 is 2.08 bits per heavy atom. The Morgan fingerprint density at radius 3 is 2.46 bits per heavy atom. The second-order valence-corrected chi connectivity index (χ2v) is 2.10. The number of carbonyl (C=O) groups excluding carboxylic acids is 1. The van der Waals surface area contributed by atoms with Crippen LogP contribution >= 0.6 is 0 Å². The number of hydrogen-bond donors (Lipinski definition) is 2. The minimum Gasteiger partial charge on any atom is -0.405 e. The molecule has 0 fully saturated rings. The number of aliphatic imine (C=N–C) groups is 1. The van der Waals surface area contributed by atoms with Gasteiger partial charge in [-0.2, -0.15) is 0 Å². The van der Waals surface area contributed by atoms with Crippen LogP contribution in [0.5, 0.6) is 0 Å². The lowest BCUT2D eigenvalue weighted by Crippen LogP contribution is -2.11. The highest BCUT2D eigenvalue weighted by molar-refractivity contribution is 5.92. The predicted octanol–water partition coefficient (Wildman–Crippen LogP) is 1.07. The van der Waals surface area contributed by atoms with Gasteiger partial charge in [0.05, 0.1) is 0 Å². The molecule has 0 aromatic rings. The largest absolute Gasteiger partial charge is 0.405 e. The van der Waals surface area contributed by atoms with Crippen molar-refractivity contribution < 1.29 is 6.22 Å². The Hall–Kier alpha value is -1.32. The van der Waals surface area contributed by atoms with E-state index in [1.165, 1.54) is 6.20 Å². The van der Waals surface area contributed by atoms with Crippen LogP contribution in [-0.4, -0.2) is 18.2 Å². The summed E-state index contributed by atoms with van der Waals surface area (Å²) in [5.41, 5.74) is 10.8. The van der Waals surface area contributed by atoms with Crippen LogP contribution in [0.1, 0.15) is 28.6 Å². The Labute approximate surface area is 81.2 Å². The van der Waals surface area contributed by atoms with Crippen LogP contribution in [0, 0.1) is 0 Å². The van der Waals surface area contributed by atoms with E-state index in [-0.39, 0.29) is 13.8 Å². The molecule has 4 heteroatoms. The first kappa shape index (κ1) is 14.2. The number of nitrogens with zero attached hydrogens (tertiary/aromatic N) is 1. The number of primary amides is 1. The fourth-order valence-electron chi connectivity index (χ4n) is 0.534. The lowest BCUT2D eigenvalue weighted by molar-refractivity contribution is -0.117. The molecule has 0 unspecified atom stereocenters. The summed E-state index contributed by atoms with van der Waals surface area (Å²) in [6, 6.07) is 0.